The molecule has 0 saturated carbocycles. The molecule has 0 radical (unpaired) electrons. The standard InChI is InChI=1S/C12H15F2NO/c1-9(16)5-6-15(2)8-10-3-4-11(13)12(14)7-10/h3-4,7H,5-6,8H2,1-2H3. The predicted octanol–water partition coefficient (Wildman–Crippen LogP) is 2.38. The van der Waals surface area contributed by atoms with E-state index in [1.165, 1.54) is 13.0 Å². The molecule has 0 saturated heterocycles. The van der Waals surface area contributed by atoms with E-state index in [2.05, 4.69) is 0 Å². The van der Waals surface area contributed by atoms with Crippen molar-refractivity contribution in [3.8, 4) is 0 Å². The third kappa shape index (κ3) is 4.06. The first-order chi connectivity index (χ1) is 7.49. The molecule has 0 fully saturated rings. The smallest absolute Gasteiger partial charge is 0.159 e. The van der Waals surface area contributed by atoms with Crippen LogP contribution in [-0.2, 0) is 11.3 Å². The van der Waals surface area contributed by atoms with Crippen molar-refractivity contribution in [1.29, 1.82) is 0 Å². The van der Waals surface area contributed by atoms with Crippen LogP contribution in [0.3, 0.4) is 0 Å². The van der Waals surface area contributed by atoms with Gasteiger partial charge in [0.05, 0.1) is 0 Å². The molecule has 2 nitrogen and oxygen atoms in total. The highest BCUT2D eigenvalue weighted by atomic mass is 19.2. The highest BCUT2D eigenvalue weighted by Gasteiger charge is 2.05. The predicted molar refractivity (Wildman–Crippen MR) is 58.0 cm³/mol. The van der Waals surface area contributed by atoms with E-state index in [4.69, 9.17) is 0 Å². The van der Waals surface area contributed by atoms with Crippen LogP contribution < -0.4 is 0 Å². The van der Waals surface area contributed by atoms with Crippen molar-refractivity contribution in [2.45, 2.75) is 19.9 Å². The van der Waals surface area contributed by atoms with Gasteiger partial charge >= 0.3 is 0 Å². The summed E-state index contributed by atoms with van der Waals surface area (Å²) in [5.41, 5.74) is 0.699. The third-order valence-electron chi connectivity index (χ3n) is 2.28. The Kier molecular flexibility index (Phi) is 4.55. The summed E-state index contributed by atoms with van der Waals surface area (Å²) in [5, 5.41) is 0. The van der Waals surface area contributed by atoms with E-state index in [9.17, 15) is 13.6 Å². The first kappa shape index (κ1) is 12.8. The lowest BCUT2D eigenvalue weighted by Crippen LogP contribution is -2.20. The molecule has 1 aromatic rings. The van der Waals surface area contributed by atoms with Gasteiger partial charge in [-0.05, 0) is 31.7 Å². The van der Waals surface area contributed by atoms with E-state index in [1.807, 2.05) is 11.9 Å². The van der Waals surface area contributed by atoms with E-state index in [0.717, 1.165) is 6.07 Å². The van der Waals surface area contributed by atoms with Gasteiger partial charge in [-0.15, -0.1) is 0 Å². The second-order valence-corrected chi connectivity index (χ2v) is 3.94. The topological polar surface area (TPSA) is 20.3 Å². The van der Waals surface area contributed by atoms with Crippen LogP contribution in [0, 0.1) is 11.6 Å². The van der Waals surface area contributed by atoms with Gasteiger partial charge in [0.2, 0.25) is 0 Å². The Hall–Kier alpha value is -1.29. The van der Waals surface area contributed by atoms with Crippen molar-refractivity contribution in [2.75, 3.05) is 13.6 Å². The summed E-state index contributed by atoms with van der Waals surface area (Å²) >= 11 is 0. The molecule has 88 valence electrons. The molecule has 16 heavy (non-hydrogen) atoms. The van der Waals surface area contributed by atoms with Crippen LogP contribution in [0.1, 0.15) is 18.9 Å². The molecule has 0 atom stereocenters. The number of hydrogen-bond acceptors (Lipinski definition) is 2. The summed E-state index contributed by atoms with van der Waals surface area (Å²) in [7, 11) is 1.84. The van der Waals surface area contributed by atoms with Crippen molar-refractivity contribution in [1.82, 2.24) is 4.90 Å². The number of benzene rings is 1. The SMILES string of the molecule is CC(=O)CCN(C)Cc1ccc(F)c(F)c1. The van der Waals surface area contributed by atoms with Gasteiger partial charge in [0, 0.05) is 19.5 Å². The molecule has 0 amide bonds. The molecule has 0 aliphatic heterocycles. The number of halogens is 2. The van der Waals surface area contributed by atoms with Gasteiger partial charge in [0.1, 0.15) is 5.78 Å². The molecule has 0 heterocycles. The number of nitrogens with zero attached hydrogens (tertiary/aromatic N) is 1. The average Bonchev–Trinajstić information content (AvgIpc) is 2.21. The first-order valence-corrected chi connectivity index (χ1v) is 5.11. The summed E-state index contributed by atoms with van der Waals surface area (Å²) in [6.07, 6.45) is 0.472. The van der Waals surface area contributed by atoms with E-state index < -0.39 is 11.6 Å². The summed E-state index contributed by atoms with van der Waals surface area (Å²) < 4.78 is 25.6. The number of Topliss-reactive ketones (excluding diaryl/α,β-unsaturated/α-hetero) is 1. The fourth-order valence-electron chi connectivity index (χ4n) is 1.38. The molecule has 0 bridgehead atoms. The van der Waals surface area contributed by atoms with Crippen molar-refractivity contribution in [2.24, 2.45) is 0 Å². The van der Waals surface area contributed by atoms with Gasteiger partial charge in [-0.2, -0.15) is 0 Å². The Morgan fingerprint density at radius 2 is 2.00 bits per heavy atom. The Labute approximate surface area is 93.9 Å². The number of carbonyl (C=O) groups excluding carboxylic acids is 1. The zero-order chi connectivity index (χ0) is 12.1. The molecule has 1 rings (SSSR count). The second kappa shape index (κ2) is 5.70. The van der Waals surface area contributed by atoms with Crippen LogP contribution in [0.15, 0.2) is 18.2 Å². The van der Waals surface area contributed by atoms with Gasteiger partial charge in [-0.25, -0.2) is 8.78 Å². The molecule has 0 aliphatic rings. The molecule has 0 unspecified atom stereocenters. The van der Waals surface area contributed by atoms with Crippen molar-refractivity contribution >= 4 is 5.78 Å². The van der Waals surface area contributed by atoms with E-state index in [0.29, 0.717) is 25.1 Å². The van der Waals surface area contributed by atoms with Gasteiger partial charge < -0.3 is 4.90 Å². The summed E-state index contributed by atoms with van der Waals surface area (Å²) in [5.74, 6) is -1.55. The number of carbonyl (C=O) groups is 1. The normalized spacial score (nSPS) is 10.8. The quantitative estimate of drug-likeness (QED) is 0.769. The lowest BCUT2D eigenvalue weighted by molar-refractivity contribution is -0.117. The van der Waals surface area contributed by atoms with Gasteiger partial charge in [0.25, 0.3) is 0 Å². The number of ketones is 1. The van der Waals surface area contributed by atoms with Gasteiger partial charge in [-0.1, -0.05) is 6.07 Å². The van der Waals surface area contributed by atoms with E-state index in [1.54, 1.807) is 6.07 Å². The van der Waals surface area contributed by atoms with Gasteiger partial charge in [0.15, 0.2) is 11.6 Å². The summed E-state index contributed by atoms with van der Waals surface area (Å²) in [6, 6.07) is 3.84. The lowest BCUT2D eigenvalue weighted by atomic mass is 10.2. The third-order valence-corrected chi connectivity index (χ3v) is 2.28. The summed E-state index contributed by atoms with van der Waals surface area (Å²) in [4.78, 5) is 12.7. The zero-order valence-electron chi connectivity index (χ0n) is 9.46. The van der Waals surface area contributed by atoms with Crippen LogP contribution in [0.4, 0.5) is 8.78 Å². The first-order valence-electron chi connectivity index (χ1n) is 5.11. The Balaban J connectivity index is 2.52. The molecule has 0 aromatic heterocycles. The maximum Gasteiger partial charge on any atom is 0.159 e. The second-order valence-electron chi connectivity index (χ2n) is 3.94. The number of rotatable bonds is 5. The minimum atomic E-state index is -0.838. The fourth-order valence-corrected chi connectivity index (χ4v) is 1.38. The zero-order valence-corrected chi connectivity index (χ0v) is 9.46. The Morgan fingerprint density at radius 1 is 1.31 bits per heavy atom. The average molecular weight is 227 g/mol. The summed E-state index contributed by atoms with van der Waals surface area (Å²) in [6.45, 7) is 2.66. The largest absolute Gasteiger partial charge is 0.302 e. The molecule has 4 heteroatoms. The minimum absolute atomic E-state index is 0.122. The molecule has 0 spiro atoms. The van der Waals surface area contributed by atoms with Crippen molar-refractivity contribution in [3.63, 3.8) is 0 Å². The van der Waals surface area contributed by atoms with Crippen LogP contribution in [-0.4, -0.2) is 24.3 Å². The lowest BCUT2D eigenvalue weighted by Gasteiger charge is -2.15. The number of hydrogen-bond donors (Lipinski definition) is 0. The van der Waals surface area contributed by atoms with E-state index >= 15 is 0 Å². The molecule has 1 aromatic carbocycles. The van der Waals surface area contributed by atoms with Crippen molar-refractivity contribution < 1.29 is 13.6 Å². The maximum absolute atomic E-state index is 12.9. The monoisotopic (exact) mass is 227 g/mol. The highest BCUT2D eigenvalue weighted by Crippen LogP contribution is 2.10. The van der Waals surface area contributed by atoms with Crippen LogP contribution in [0.2, 0.25) is 0 Å². The molecule has 0 aliphatic carbocycles. The minimum Gasteiger partial charge on any atom is -0.302 e. The molecular weight excluding hydrogens is 212 g/mol. The molecule has 0 N–H and O–H groups in total. The molecular formula is C12H15F2NO. The van der Waals surface area contributed by atoms with Crippen LogP contribution in [0.5, 0.6) is 0 Å². The Bertz CT molecular complexity index is 379. The van der Waals surface area contributed by atoms with Crippen molar-refractivity contribution in [3.05, 3.63) is 35.4 Å². The fraction of sp³-hybridized carbons (Fsp3) is 0.417. The van der Waals surface area contributed by atoms with Crippen LogP contribution >= 0.6 is 0 Å². The highest BCUT2D eigenvalue weighted by molar-refractivity contribution is 5.75. The van der Waals surface area contributed by atoms with E-state index in [-0.39, 0.29) is 5.78 Å². The Morgan fingerprint density at radius 3 is 2.56 bits per heavy atom. The van der Waals surface area contributed by atoms with Gasteiger partial charge in [-0.3, -0.25) is 4.79 Å². The maximum atomic E-state index is 12.9. The van der Waals surface area contributed by atoms with Crippen LogP contribution in [0.25, 0.3) is 0 Å².